The van der Waals surface area contributed by atoms with E-state index in [0.29, 0.717) is 0 Å². The van der Waals surface area contributed by atoms with Gasteiger partial charge in [0.05, 0.1) is 0 Å². The molecule has 3 N–H and O–H groups in total. The lowest BCUT2D eigenvalue weighted by Crippen LogP contribution is -2.20. The van der Waals surface area contributed by atoms with Crippen molar-refractivity contribution in [3.05, 3.63) is 21.4 Å². The lowest BCUT2D eigenvalue weighted by molar-refractivity contribution is -0.274. The summed E-state index contributed by atoms with van der Waals surface area (Å²) in [5.41, 5.74) is 4.15. The summed E-state index contributed by atoms with van der Waals surface area (Å²) >= 11 is 5.25. The highest BCUT2D eigenvalue weighted by molar-refractivity contribution is 6.31. The Morgan fingerprint density at radius 2 is 2.07 bits per heavy atom. The topological polar surface area (TPSA) is 68.1 Å². The second-order valence-corrected chi connectivity index (χ2v) is 2.66. The Labute approximate surface area is 80.4 Å². The van der Waals surface area contributed by atoms with Crippen molar-refractivity contribution in [2.24, 2.45) is 0 Å². The standard InChI is InChI=1S/C6H4ClF3N2O2/c7-4-2(14-6(8,9)10)1-3(11)12-5(4)13/h1H,(H3,11,12,13). The van der Waals surface area contributed by atoms with Crippen LogP contribution in [-0.4, -0.2) is 11.3 Å². The second kappa shape index (κ2) is 3.41. The molecule has 0 aromatic carbocycles. The molecule has 0 aliphatic carbocycles. The Morgan fingerprint density at radius 3 is 2.57 bits per heavy atom. The van der Waals surface area contributed by atoms with Crippen LogP contribution in [0.25, 0.3) is 0 Å². The fraction of sp³-hybridized carbons (Fsp3) is 0.167. The lowest BCUT2D eigenvalue weighted by Gasteiger charge is -2.09. The van der Waals surface area contributed by atoms with Crippen molar-refractivity contribution >= 4 is 17.4 Å². The molecule has 0 saturated carbocycles. The molecule has 8 heteroatoms. The highest BCUT2D eigenvalue weighted by Gasteiger charge is 2.32. The number of nitrogen functional groups attached to an aromatic ring is 1. The van der Waals surface area contributed by atoms with Gasteiger partial charge in [0.25, 0.3) is 5.56 Å². The summed E-state index contributed by atoms with van der Waals surface area (Å²) in [4.78, 5) is 12.8. The zero-order chi connectivity index (χ0) is 10.9. The maximum absolute atomic E-state index is 11.8. The zero-order valence-corrected chi connectivity index (χ0v) is 7.24. The molecule has 0 spiro atoms. The average molecular weight is 229 g/mol. The lowest BCUT2D eigenvalue weighted by atomic mass is 10.4. The van der Waals surface area contributed by atoms with Gasteiger partial charge in [-0.3, -0.25) is 4.79 Å². The minimum Gasteiger partial charge on any atom is -0.404 e. The molecule has 0 fully saturated rings. The van der Waals surface area contributed by atoms with Crippen LogP contribution in [0.3, 0.4) is 0 Å². The molecule has 78 valence electrons. The van der Waals surface area contributed by atoms with Gasteiger partial charge >= 0.3 is 6.36 Å². The van der Waals surface area contributed by atoms with E-state index in [1.165, 1.54) is 0 Å². The van der Waals surface area contributed by atoms with E-state index in [2.05, 4.69) is 4.74 Å². The minimum atomic E-state index is -4.91. The Bertz CT molecular complexity index is 401. The maximum atomic E-state index is 11.8. The van der Waals surface area contributed by atoms with Crippen molar-refractivity contribution in [3.63, 3.8) is 0 Å². The van der Waals surface area contributed by atoms with Gasteiger partial charge in [-0.1, -0.05) is 11.6 Å². The molecule has 1 heterocycles. The Hall–Kier alpha value is -1.37. The molecule has 0 unspecified atom stereocenters. The largest absolute Gasteiger partial charge is 0.573 e. The van der Waals surface area contributed by atoms with E-state index in [9.17, 15) is 18.0 Å². The van der Waals surface area contributed by atoms with Crippen LogP contribution < -0.4 is 16.0 Å². The van der Waals surface area contributed by atoms with Crippen molar-refractivity contribution in [2.75, 3.05) is 5.73 Å². The van der Waals surface area contributed by atoms with Crippen molar-refractivity contribution in [3.8, 4) is 5.75 Å². The van der Waals surface area contributed by atoms with Crippen molar-refractivity contribution in [2.45, 2.75) is 6.36 Å². The fourth-order valence-electron chi connectivity index (χ4n) is 0.737. The summed E-state index contributed by atoms with van der Waals surface area (Å²) in [5, 5.41) is -0.698. The fourth-order valence-corrected chi connectivity index (χ4v) is 0.878. The van der Waals surface area contributed by atoms with Crippen LogP contribution in [0.4, 0.5) is 19.0 Å². The number of nitrogens with two attached hydrogens (primary N) is 1. The maximum Gasteiger partial charge on any atom is 0.573 e. The number of aromatic nitrogens is 1. The van der Waals surface area contributed by atoms with Crippen LogP contribution in [0.5, 0.6) is 5.75 Å². The molecule has 14 heavy (non-hydrogen) atoms. The number of anilines is 1. The van der Waals surface area contributed by atoms with Gasteiger partial charge in [0.1, 0.15) is 10.8 Å². The van der Waals surface area contributed by atoms with Crippen LogP contribution in [0.15, 0.2) is 10.9 Å². The molecular weight excluding hydrogens is 225 g/mol. The van der Waals surface area contributed by atoms with Crippen molar-refractivity contribution in [1.82, 2.24) is 4.98 Å². The first kappa shape index (κ1) is 10.7. The quantitative estimate of drug-likeness (QED) is 0.766. The van der Waals surface area contributed by atoms with Crippen molar-refractivity contribution < 1.29 is 17.9 Å². The summed E-state index contributed by atoms with van der Waals surface area (Å²) < 4.78 is 38.7. The van der Waals surface area contributed by atoms with Crippen LogP contribution in [-0.2, 0) is 0 Å². The number of rotatable bonds is 1. The predicted molar refractivity (Wildman–Crippen MR) is 43.2 cm³/mol. The number of alkyl halides is 3. The number of aromatic amines is 1. The third kappa shape index (κ3) is 2.56. The predicted octanol–water partition coefficient (Wildman–Crippen LogP) is 1.51. The smallest absolute Gasteiger partial charge is 0.404 e. The summed E-state index contributed by atoms with van der Waals surface area (Å²) in [6, 6.07) is 0.775. The first-order chi connectivity index (χ1) is 6.29. The molecule has 1 aromatic heterocycles. The first-order valence-corrected chi connectivity index (χ1v) is 3.61. The van der Waals surface area contributed by atoms with E-state index >= 15 is 0 Å². The van der Waals surface area contributed by atoms with E-state index in [1.54, 1.807) is 0 Å². The molecule has 1 aromatic rings. The Kier molecular flexibility index (Phi) is 2.61. The van der Waals surface area contributed by atoms with Crippen LogP contribution in [0.1, 0.15) is 0 Å². The van der Waals surface area contributed by atoms with E-state index in [-0.39, 0.29) is 5.82 Å². The van der Waals surface area contributed by atoms with Gasteiger partial charge in [-0.15, -0.1) is 13.2 Å². The normalized spacial score (nSPS) is 11.4. The van der Waals surface area contributed by atoms with E-state index in [4.69, 9.17) is 17.3 Å². The van der Waals surface area contributed by atoms with Gasteiger partial charge in [-0.2, -0.15) is 0 Å². The molecule has 0 bridgehead atoms. The van der Waals surface area contributed by atoms with Gasteiger partial charge in [-0.25, -0.2) is 0 Å². The van der Waals surface area contributed by atoms with Crippen LogP contribution in [0, 0.1) is 0 Å². The van der Waals surface area contributed by atoms with Gasteiger partial charge < -0.3 is 15.5 Å². The van der Waals surface area contributed by atoms with Crippen LogP contribution in [0.2, 0.25) is 5.02 Å². The second-order valence-electron chi connectivity index (χ2n) is 2.28. The SMILES string of the molecule is Nc1cc(OC(F)(F)F)c(Cl)c(=O)[nH]1. The Balaban J connectivity index is 3.15. The number of hydrogen-bond acceptors (Lipinski definition) is 3. The highest BCUT2D eigenvalue weighted by atomic mass is 35.5. The minimum absolute atomic E-state index is 0.265. The number of nitrogens with one attached hydrogen (secondary N) is 1. The molecule has 0 radical (unpaired) electrons. The van der Waals surface area contributed by atoms with Crippen molar-refractivity contribution in [1.29, 1.82) is 0 Å². The number of halogens is 4. The molecule has 0 atom stereocenters. The zero-order valence-electron chi connectivity index (χ0n) is 6.48. The van der Waals surface area contributed by atoms with Crippen LogP contribution >= 0.6 is 11.6 Å². The highest BCUT2D eigenvalue weighted by Crippen LogP contribution is 2.28. The molecule has 0 aliphatic rings. The van der Waals surface area contributed by atoms with Gasteiger partial charge in [-0.05, 0) is 0 Å². The summed E-state index contributed by atoms with van der Waals surface area (Å²) in [5.74, 6) is -1.08. The monoisotopic (exact) mass is 228 g/mol. The molecule has 0 amide bonds. The molecule has 0 aliphatic heterocycles. The Morgan fingerprint density at radius 1 is 1.50 bits per heavy atom. The van der Waals surface area contributed by atoms with E-state index < -0.39 is 22.7 Å². The third-order valence-corrected chi connectivity index (χ3v) is 1.54. The molecule has 0 saturated heterocycles. The summed E-state index contributed by atoms with van der Waals surface area (Å²) in [7, 11) is 0. The van der Waals surface area contributed by atoms with E-state index in [1.807, 2.05) is 4.98 Å². The number of ether oxygens (including phenoxy) is 1. The van der Waals surface area contributed by atoms with Gasteiger partial charge in [0, 0.05) is 6.07 Å². The first-order valence-electron chi connectivity index (χ1n) is 3.23. The summed E-state index contributed by atoms with van der Waals surface area (Å²) in [6.45, 7) is 0. The van der Waals surface area contributed by atoms with Gasteiger partial charge in [0.15, 0.2) is 5.75 Å². The molecule has 4 nitrogen and oxygen atoms in total. The van der Waals surface area contributed by atoms with Gasteiger partial charge in [0.2, 0.25) is 0 Å². The number of H-pyrrole nitrogens is 1. The number of pyridine rings is 1. The third-order valence-electron chi connectivity index (χ3n) is 1.19. The number of hydrogen-bond donors (Lipinski definition) is 2. The molecular formula is C6H4ClF3N2O2. The molecule has 1 rings (SSSR count). The average Bonchev–Trinajstić information content (AvgIpc) is 1.96. The summed E-state index contributed by atoms with van der Waals surface area (Å²) in [6.07, 6.45) is -4.91. The van der Waals surface area contributed by atoms with E-state index in [0.717, 1.165) is 6.07 Å².